The number of primary amides is 1. The Bertz CT molecular complexity index is 1550. The topological polar surface area (TPSA) is 120 Å². The third-order valence-corrected chi connectivity index (χ3v) is 5.49. The van der Waals surface area contributed by atoms with Crippen LogP contribution in [-0.2, 0) is 0 Å². The lowest BCUT2D eigenvalue weighted by Gasteiger charge is -2.11. The number of carbonyl (C=O) groups excluding carboxylic acids is 2. The number of aromatic nitrogens is 3. The van der Waals surface area contributed by atoms with Crippen LogP contribution in [0.15, 0.2) is 73.4 Å². The second-order valence-corrected chi connectivity index (χ2v) is 7.94. The Kier molecular flexibility index (Phi) is 5.57. The number of nitrogens with two attached hydrogens (primary N) is 1. The number of carbonyl (C=O) groups is 2. The molecule has 2 aromatic heterocycles. The number of benzene rings is 3. The molecule has 0 unspecified atom stereocenters. The van der Waals surface area contributed by atoms with Gasteiger partial charge in [-0.2, -0.15) is 0 Å². The van der Waals surface area contributed by atoms with E-state index in [1.54, 1.807) is 67.1 Å². The molecule has 2 heterocycles. The lowest BCUT2D eigenvalue weighted by molar-refractivity contribution is 0.0914. The SMILES string of the molecule is NC(=O)c1cc2cc(Cl)ccc2cc1OCC(=O)c1c[nH]c2cc(Oc3cncnc3)ccc12. The molecule has 1 amide bonds. The summed E-state index contributed by atoms with van der Waals surface area (Å²) in [6.07, 6.45) is 6.14. The number of ketones is 1. The van der Waals surface area contributed by atoms with Crippen LogP contribution in [0.5, 0.6) is 17.2 Å². The van der Waals surface area contributed by atoms with Crippen molar-refractivity contribution >= 4 is 45.0 Å². The van der Waals surface area contributed by atoms with Gasteiger partial charge >= 0.3 is 0 Å². The van der Waals surface area contributed by atoms with E-state index in [2.05, 4.69) is 15.0 Å². The molecule has 9 heteroatoms. The highest BCUT2D eigenvalue weighted by atomic mass is 35.5. The van der Waals surface area contributed by atoms with E-state index in [0.717, 1.165) is 16.3 Å². The molecule has 0 fully saturated rings. The first-order chi connectivity index (χ1) is 16.5. The summed E-state index contributed by atoms with van der Waals surface area (Å²) in [6, 6.07) is 13.9. The van der Waals surface area contributed by atoms with Gasteiger partial charge in [-0.1, -0.05) is 17.7 Å². The maximum atomic E-state index is 12.9. The molecule has 0 spiro atoms. The fourth-order valence-electron chi connectivity index (χ4n) is 3.65. The fourth-order valence-corrected chi connectivity index (χ4v) is 3.83. The van der Waals surface area contributed by atoms with Gasteiger partial charge in [-0.15, -0.1) is 0 Å². The minimum Gasteiger partial charge on any atom is -0.485 e. The lowest BCUT2D eigenvalue weighted by Crippen LogP contribution is -2.16. The van der Waals surface area contributed by atoms with Crippen molar-refractivity contribution in [3.8, 4) is 17.2 Å². The van der Waals surface area contributed by atoms with Gasteiger partial charge in [0.1, 0.15) is 17.8 Å². The highest BCUT2D eigenvalue weighted by Crippen LogP contribution is 2.29. The molecule has 5 rings (SSSR count). The summed E-state index contributed by atoms with van der Waals surface area (Å²) in [7, 11) is 0. The van der Waals surface area contributed by atoms with Gasteiger partial charge < -0.3 is 20.2 Å². The third kappa shape index (κ3) is 4.26. The predicted molar refractivity (Wildman–Crippen MR) is 128 cm³/mol. The van der Waals surface area contributed by atoms with Gasteiger partial charge in [-0.05, 0) is 47.2 Å². The summed E-state index contributed by atoms with van der Waals surface area (Å²) in [4.78, 5) is 35.8. The number of ether oxygens (including phenoxy) is 2. The molecule has 5 aromatic rings. The lowest BCUT2D eigenvalue weighted by atomic mass is 10.1. The van der Waals surface area contributed by atoms with Gasteiger partial charge in [0.15, 0.2) is 12.4 Å². The monoisotopic (exact) mass is 472 g/mol. The maximum Gasteiger partial charge on any atom is 0.252 e. The number of halogens is 1. The molecular formula is C25H17ClN4O4. The smallest absolute Gasteiger partial charge is 0.252 e. The van der Waals surface area contributed by atoms with Crippen molar-refractivity contribution in [2.75, 3.05) is 6.61 Å². The first-order valence-corrected chi connectivity index (χ1v) is 10.6. The van der Waals surface area contributed by atoms with E-state index in [1.807, 2.05) is 0 Å². The minimum atomic E-state index is -0.659. The average molecular weight is 473 g/mol. The largest absolute Gasteiger partial charge is 0.485 e. The van der Waals surface area contributed by atoms with E-state index < -0.39 is 5.91 Å². The van der Waals surface area contributed by atoms with Crippen molar-refractivity contribution in [3.05, 3.63) is 89.6 Å². The molecule has 0 bridgehead atoms. The van der Waals surface area contributed by atoms with E-state index in [9.17, 15) is 9.59 Å². The van der Waals surface area contributed by atoms with Crippen molar-refractivity contribution < 1.29 is 19.1 Å². The van der Waals surface area contributed by atoms with Crippen LogP contribution in [-0.4, -0.2) is 33.2 Å². The molecule has 0 atom stereocenters. The standard InChI is InChI=1S/C25H17ClN4O4/c26-16-2-1-14-7-24(20(25(27)32)6-15(14)5-16)33-12-23(31)21-11-30-22-8-17(3-4-19(21)22)34-18-9-28-13-29-10-18/h1-11,13,30H,12H2,(H2,27,32). The zero-order valence-corrected chi connectivity index (χ0v) is 18.4. The zero-order chi connectivity index (χ0) is 23.7. The molecule has 8 nitrogen and oxygen atoms in total. The van der Waals surface area contributed by atoms with Crippen molar-refractivity contribution in [2.45, 2.75) is 0 Å². The van der Waals surface area contributed by atoms with Crippen molar-refractivity contribution in [1.29, 1.82) is 0 Å². The molecule has 0 aliphatic heterocycles. The van der Waals surface area contributed by atoms with E-state index in [4.69, 9.17) is 26.8 Å². The number of nitrogens with one attached hydrogen (secondary N) is 1. The van der Waals surface area contributed by atoms with Crippen LogP contribution in [0.25, 0.3) is 21.7 Å². The Morgan fingerprint density at radius 1 is 0.941 bits per heavy atom. The fraction of sp³-hybridized carbons (Fsp3) is 0.0400. The number of fused-ring (bicyclic) bond motifs is 2. The minimum absolute atomic E-state index is 0.174. The van der Waals surface area contributed by atoms with Gasteiger partial charge in [0.2, 0.25) is 5.78 Å². The Balaban J connectivity index is 1.37. The highest BCUT2D eigenvalue weighted by molar-refractivity contribution is 6.31. The van der Waals surface area contributed by atoms with Gasteiger partial charge in [-0.25, -0.2) is 9.97 Å². The van der Waals surface area contributed by atoms with Gasteiger partial charge in [0, 0.05) is 33.8 Å². The number of H-pyrrole nitrogens is 1. The van der Waals surface area contributed by atoms with Crippen molar-refractivity contribution in [2.24, 2.45) is 5.73 Å². The summed E-state index contributed by atoms with van der Waals surface area (Å²) in [6.45, 7) is -0.272. The quantitative estimate of drug-likeness (QED) is 0.324. The number of nitrogens with zero attached hydrogens (tertiary/aromatic N) is 2. The molecular weight excluding hydrogens is 456 g/mol. The van der Waals surface area contributed by atoms with E-state index in [1.165, 1.54) is 6.33 Å². The van der Waals surface area contributed by atoms with Gasteiger partial charge in [0.05, 0.1) is 18.0 Å². The van der Waals surface area contributed by atoms with Crippen LogP contribution in [0.4, 0.5) is 0 Å². The second kappa shape index (κ2) is 8.84. The maximum absolute atomic E-state index is 12.9. The molecule has 0 aliphatic carbocycles. The number of amides is 1. The summed E-state index contributed by atoms with van der Waals surface area (Å²) < 4.78 is 11.5. The van der Waals surface area contributed by atoms with Crippen molar-refractivity contribution in [3.63, 3.8) is 0 Å². The molecule has 0 aliphatic rings. The summed E-state index contributed by atoms with van der Waals surface area (Å²) >= 11 is 6.04. The van der Waals surface area contributed by atoms with Crippen LogP contribution in [0.3, 0.4) is 0 Å². The average Bonchev–Trinajstić information content (AvgIpc) is 3.26. The summed E-state index contributed by atoms with van der Waals surface area (Å²) in [5.74, 6) is 0.384. The Hall–Kier alpha value is -4.43. The first-order valence-electron chi connectivity index (χ1n) is 10.2. The normalized spacial score (nSPS) is 11.0. The molecule has 34 heavy (non-hydrogen) atoms. The Morgan fingerprint density at radius 2 is 1.76 bits per heavy atom. The van der Waals surface area contributed by atoms with E-state index in [-0.39, 0.29) is 23.7 Å². The van der Waals surface area contributed by atoms with Crippen LogP contribution in [0, 0.1) is 0 Å². The number of Topliss-reactive ketones (excluding diaryl/α,β-unsaturated/α-hetero) is 1. The van der Waals surface area contributed by atoms with Crippen LogP contribution >= 0.6 is 11.6 Å². The van der Waals surface area contributed by atoms with Crippen LogP contribution in [0.2, 0.25) is 5.02 Å². The summed E-state index contributed by atoms with van der Waals surface area (Å²) in [5.41, 5.74) is 6.88. The third-order valence-electron chi connectivity index (χ3n) is 5.25. The van der Waals surface area contributed by atoms with Crippen LogP contribution < -0.4 is 15.2 Å². The Labute approximate surface area is 198 Å². The molecule has 3 N–H and O–H groups in total. The predicted octanol–water partition coefficient (Wildman–Crippen LogP) is 4.92. The summed E-state index contributed by atoms with van der Waals surface area (Å²) in [5, 5.41) is 2.81. The van der Waals surface area contributed by atoms with E-state index in [0.29, 0.717) is 27.5 Å². The van der Waals surface area contributed by atoms with Crippen molar-refractivity contribution in [1.82, 2.24) is 15.0 Å². The van der Waals surface area contributed by atoms with Gasteiger partial charge in [0.25, 0.3) is 5.91 Å². The second-order valence-electron chi connectivity index (χ2n) is 7.50. The number of hydrogen-bond acceptors (Lipinski definition) is 6. The first kappa shape index (κ1) is 21.4. The number of aromatic amines is 1. The molecule has 3 aromatic carbocycles. The molecule has 0 radical (unpaired) electrons. The molecule has 0 saturated heterocycles. The van der Waals surface area contributed by atoms with Gasteiger partial charge in [-0.3, -0.25) is 9.59 Å². The molecule has 168 valence electrons. The highest BCUT2D eigenvalue weighted by Gasteiger charge is 2.17. The zero-order valence-electron chi connectivity index (χ0n) is 17.6. The number of rotatable bonds is 7. The van der Waals surface area contributed by atoms with Crippen LogP contribution in [0.1, 0.15) is 20.7 Å². The number of hydrogen-bond donors (Lipinski definition) is 2. The van der Waals surface area contributed by atoms with E-state index >= 15 is 0 Å². The molecule has 0 saturated carbocycles. The Morgan fingerprint density at radius 3 is 2.56 bits per heavy atom.